The van der Waals surface area contributed by atoms with Gasteiger partial charge in [-0.2, -0.15) is 0 Å². The van der Waals surface area contributed by atoms with Crippen molar-refractivity contribution < 1.29 is 18.7 Å². The quantitative estimate of drug-likeness (QED) is 0.510. The van der Waals surface area contributed by atoms with E-state index in [4.69, 9.17) is 16.3 Å². The molecule has 7 heteroatoms. The summed E-state index contributed by atoms with van der Waals surface area (Å²) >= 11 is 7.32. The third-order valence-electron chi connectivity index (χ3n) is 3.31. The van der Waals surface area contributed by atoms with Gasteiger partial charge in [0, 0.05) is 11.8 Å². The van der Waals surface area contributed by atoms with E-state index in [1.165, 1.54) is 24.8 Å². The molecule has 0 saturated heterocycles. The minimum absolute atomic E-state index is 0.0416. The van der Waals surface area contributed by atoms with Crippen LogP contribution in [0, 0.1) is 5.82 Å². The van der Waals surface area contributed by atoms with Gasteiger partial charge >= 0.3 is 5.97 Å². The molecule has 134 valence electrons. The Morgan fingerprint density at radius 2 is 2.04 bits per heavy atom. The maximum atomic E-state index is 13.9. The lowest BCUT2D eigenvalue weighted by Crippen LogP contribution is -2.24. The summed E-state index contributed by atoms with van der Waals surface area (Å²) in [5.41, 5.74) is 0.0416. The zero-order chi connectivity index (χ0) is 18.3. The molecule has 0 spiro atoms. The Hall–Kier alpha value is -1.27. The highest BCUT2D eigenvalue weighted by Crippen LogP contribution is 2.36. The Labute approximate surface area is 151 Å². The molecule has 1 aromatic carbocycles. The highest BCUT2D eigenvalue weighted by Gasteiger charge is 2.24. The van der Waals surface area contributed by atoms with E-state index < -0.39 is 11.1 Å². The Bertz CT molecular complexity index is 597. The van der Waals surface area contributed by atoms with Crippen molar-refractivity contribution in [2.45, 2.75) is 63.2 Å². The number of carbonyl (C=O) groups excluding carboxylic acids is 2. The Kier molecular flexibility index (Phi) is 8.56. The molecule has 0 bridgehead atoms. The summed E-state index contributed by atoms with van der Waals surface area (Å²) in [5.74, 6) is -1.31. The first-order chi connectivity index (χ1) is 11.3. The maximum absolute atomic E-state index is 13.9. The number of thioether (sulfide) groups is 1. The van der Waals surface area contributed by atoms with Crippen molar-refractivity contribution in [3.63, 3.8) is 0 Å². The third kappa shape index (κ3) is 6.32. The number of hydrogen-bond acceptors (Lipinski definition) is 4. The van der Waals surface area contributed by atoms with Crippen molar-refractivity contribution in [1.29, 1.82) is 0 Å². The number of rotatable bonds is 8. The number of carbonyl (C=O) groups is 2. The van der Waals surface area contributed by atoms with Gasteiger partial charge in [-0.15, -0.1) is 11.8 Å². The lowest BCUT2D eigenvalue weighted by Gasteiger charge is -2.19. The van der Waals surface area contributed by atoms with Crippen molar-refractivity contribution in [2.75, 3.05) is 5.32 Å². The standard InChI is InChI=1S/C17H23ClFNO3S/c1-5-7-15(17(22)23-10(3)6-2)24-16-9-14(20-11(4)21)13(19)8-12(16)18/h8-10,15H,5-7H2,1-4H3,(H,20,21). The molecule has 1 N–H and O–H groups in total. The Morgan fingerprint density at radius 1 is 1.38 bits per heavy atom. The molecule has 0 saturated carbocycles. The Balaban J connectivity index is 3.00. The first-order valence-electron chi connectivity index (χ1n) is 7.92. The summed E-state index contributed by atoms with van der Waals surface area (Å²) in [4.78, 5) is 24.0. The second-order valence-electron chi connectivity index (χ2n) is 5.49. The molecule has 1 aromatic rings. The van der Waals surface area contributed by atoms with Gasteiger partial charge in [-0.1, -0.05) is 31.9 Å². The van der Waals surface area contributed by atoms with Crippen LogP contribution in [0.1, 0.15) is 47.0 Å². The molecule has 0 radical (unpaired) electrons. The van der Waals surface area contributed by atoms with E-state index in [-0.39, 0.29) is 28.7 Å². The van der Waals surface area contributed by atoms with Gasteiger partial charge in [-0.05, 0) is 31.9 Å². The maximum Gasteiger partial charge on any atom is 0.319 e. The van der Waals surface area contributed by atoms with Crippen LogP contribution in [0.15, 0.2) is 17.0 Å². The molecule has 4 nitrogen and oxygen atoms in total. The molecule has 2 atom stereocenters. The summed E-state index contributed by atoms with van der Waals surface area (Å²) < 4.78 is 19.3. The molecule has 0 aliphatic heterocycles. The minimum Gasteiger partial charge on any atom is -0.462 e. The van der Waals surface area contributed by atoms with Crippen LogP contribution in [-0.2, 0) is 14.3 Å². The van der Waals surface area contributed by atoms with Crippen LogP contribution in [0.4, 0.5) is 10.1 Å². The fourth-order valence-corrected chi connectivity index (χ4v) is 3.36. The molecule has 0 aliphatic carbocycles. The van der Waals surface area contributed by atoms with Crippen LogP contribution in [0.3, 0.4) is 0 Å². The predicted molar refractivity (Wildman–Crippen MR) is 96.1 cm³/mol. The van der Waals surface area contributed by atoms with Crippen LogP contribution in [-0.4, -0.2) is 23.2 Å². The van der Waals surface area contributed by atoms with E-state index in [1.807, 2.05) is 20.8 Å². The van der Waals surface area contributed by atoms with Crippen LogP contribution >= 0.6 is 23.4 Å². The normalized spacial score (nSPS) is 13.2. The van der Waals surface area contributed by atoms with E-state index in [9.17, 15) is 14.0 Å². The fourth-order valence-electron chi connectivity index (χ4n) is 1.90. The van der Waals surface area contributed by atoms with Crippen LogP contribution in [0.25, 0.3) is 0 Å². The SMILES string of the molecule is CCCC(Sc1cc(NC(C)=O)c(F)cc1Cl)C(=O)OC(C)CC. The second-order valence-corrected chi connectivity index (χ2v) is 7.15. The molecule has 0 aromatic heterocycles. The zero-order valence-corrected chi connectivity index (χ0v) is 15.9. The predicted octanol–water partition coefficient (Wildman–Crippen LogP) is 5.04. The van der Waals surface area contributed by atoms with Gasteiger partial charge in [-0.25, -0.2) is 4.39 Å². The molecular formula is C17H23ClFNO3S. The van der Waals surface area contributed by atoms with Crippen LogP contribution in [0.2, 0.25) is 5.02 Å². The summed E-state index contributed by atoms with van der Waals surface area (Å²) in [5, 5.41) is 2.18. The first kappa shape index (κ1) is 20.8. The lowest BCUT2D eigenvalue weighted by molar-refractivity contribution is -0.147. The minimum atomic E-state index is -0.617. The smallest absolute Gasteiger partial charge is 0.319 e. The number of amides is 1. The van der Waals surface area contributed by atoms with Crippen molar-refractivity contribution in [3.05, 3.63) is 23.0 Å². The van der Waals surface area contributed by atoms with Crippen molar-refractivity contribution in [2.24, 2.45) is 0 Å². The number of halogens is 2. The highest BCUT2D eigenvalue weighted by atomic mass is 35.5. The van der Waals surface area contributed by atoms with Gasteiger partial charge in [0.05, 0.1) is 16.8 Å². The lowest BCUT2D eigenvalue weighted by atomic mass is 10.2. The summed E-state index contributed by atoms with van der Waals surface area (Å²) in [6.07, 6.45) is 1.99. The van der Waals surface area contributed by atoms with E-state index in [0.717, 1.165) is 18.9 Å². The average molecular weight is 376 g/mol. The number of anilines is 1. The summed E-state index contributed by atoms with van der Waals surface area (Å²) in [6.45, 7) is 7.05. The van der Waals surface area contributed by atoms with Crippen LogP contribution in [0.5, 0.6) is 0 Å². The second kappa shape index (κ2) is 9.89. The number of hydrogen-bond donors (Lipinski definition) is 1. The first-order valence-corrected chi connectivity index (χ1v) is 9.17. The van der Waals surface area contributed by atoms with Gasteiger partial charge in [0.1, 0.15) is 11.1 Å². The molecule has 0 heterocycles. The summed E-state index contributed by atoms with van der Waals surface area (Å²) in [6, 6.07) is 2.58. The van der Waals surface area contributed by atoms with Crippen molar-refractivity contribution >= 4 is 40.9 Å². The van der Waals surface area contributed by atoms with Crippen molar-refractivity contribution in [1.82, 2.24) is 0 Å². The Morgan fingerprint density at radius 3 is 2.58 bits per heavy atom. The molecule has 0 fully saturated rings. The zero-order valence-electron chi connectivity index (χ0n) is 14.3. The van der Waals surface area contributed by atoms with Gasteiger partial charge in [0.25, 0.3) is 0 Å². The molecular weight excluding hydrogens is 353 g/mol. The molecule has 2 unspecified atom stereocenters. The number of esters is 1. The van der Waals surface area contributed by atoms with Crippen molar-refractivity contribution in [3.8, 4) is 0 Å². The van der Waals surface area contributed by atoms with Gasteiger partial charge in [0.2, 0.25) is 5.91 Å². The number of nitrogens with one attached hydrogen (secondary N) is 1. The van der Waals surface area contributed by atoms with Gasteiger partial charge in [-0.3, -0.25) is 9.59 Å². The largest absolute Gasteiger partial charge is 0.462 e. The number of benzene rings is 1. The van der Waals surface area contributed by atoms with Gasteiger partial charge < -0.3 is 10.1 Å². The molecule has 1 rings (SSSR count). The molecule has 24 heavy (non-hydrogen) atoms. The fraction of sp³-hybridized carbons (Fsp3) is 0.529. The van der Waals surface area contributed by atoms with E-state index in [1.54, 1.807) is 0 Å². The average Bonchev–Trinajstić information content (AvgIpc) is 2.50. The monoisotopic (exact) mass is 375 g/mol. The highest BCUT2D eigenvalue weighted by molar-refractivity contribution is 8.00. The van der Waals surface area contributed by atoms with Crippen LogP contribution < -0.4 is 5.32 Å². The van der Waals surface area contributed by atoms with E-state index >= 15 is 0 Å². The summed E-state index contributed by atoms with van der Waals surface area (Å²) in [7, 11) is 0. The topological polar surface area (TPSA) is 55.4 Å². The van der Waals surface area contributed by atoms with Gasteiger partial charge in [0.15, 0.2) is 0 Å². The van der Waals surface area contributed by atoms with E-state index in [0.29, 0.717) is 11.3 Å². The number of ether oxygens (including phenoxy) is 1. The third-order valence-corrected chi connectivity index (χ3v) is 5.04. The molecule has 1 amide bonds. The molecule has 0 aliphatic rings. The van der Waals surface area contributed by atoms with E-state index in [2.05, 4.69) is 5.32 Å².